The molecular weight excluding hydrogens is 348 g/mol. The van der Waals surface area contributed by atoms with Crippen LogP contribution >= 0.6 is 0 Å². The van der Waals surface area contributed by atoms with Gasteiger partial charge in [0.2, 0.25) is 5.82 Å². The molecule has 8 heteroatoms. The van der Waals surface area contributed by atoms with Gasteiger partial charge in [-0.1, -0.05) is 5.16 Å². The molecule has 0 aliphatic rings. The highest BCUT2D eigenvalue weighted by molar-refractivity contribution is 5.56. The Bertz CT molecular complexity index is 1040. The first-order valence-electron chi connectivity index (χ1n) is 8.13. The van der Waals surface area contributed by atoms with Gasteiger partial charge in [0.05, 0.1) is 4.92 Å². The minimum absolute atomic E-state index is 0.00536. The van der Waals surface area contributed by atoms with Crippen LogP contribution < -0.4 is 4.74 Å². The van der Waals surface area contributed by atoms with Crippen molar-refractivity contribution in [3.8, 4) is 22.8 Å². The molecule has 0 radical (unpaired) electrons. The van der Waals surface area contributed by atoms with Crippen molar-refractivity contribution in [3.05, 3.63) is 89.1 Å². The molecule has 0 aliphatic carbocycles. The number of benzene rings is 2. The lowest BCUT2D eigenvalue weighted by atomic mass is 10.2. The summed E-state index contributed by atoms with van der Waals surface area (Å²) in [6.07, 6.45) is 3.94. The van der Waals surface area contributed by atoms with E-state index >= 15 is 0 Å². The van der Waals surface area contributed by atoms with E-state index in [0.29, 0.717) is 17.5 Å². The van der Waals surface area contributed by atoms with Gasteiger partial charge in [0.25, 0.3) is 11.6 Å². The predicted molar refractivity (Wildman–Crippen MR) is 96.5 cm³/mol. The number of hydrogen-bond donors (Lipinski definition) is 0. The normalized spacial score (nSPS) is 10.7. The summed E-state index contributed by atoms with van der Waals surface area (Å²) >= 11 is 0. The Morgan fingerprint density at radius 1 is 1.04 bits per heavy atom. The number of rotatable bonds is 6. The zero-order valence-electron chi connectivity index (χ0n) is 14.1. The highest BCUT2D eigenvalue weighted by atomic mass is 16.6. The Kier molecular flexibility index (Phi) is 4.36. The molecular formula is C19H14N4O4. The van der Waals surface area contributed by atoms with Gasteiger partial charge in [-0.15, -0.1) is 0 Å². The largest absolute Gasteiger partial charge is 0.484 e. The fraction of sp³-hybridized carbons (Fsp3) is 0.0526. The second kappa shape index (κ2) is 7.12. The van der Waals surface area contributed by atoms with E-state index in [1.807, 2.05) is 53.4 Å². The van der Waals surface area contributed by atoms with Crippen molar-refractivity contribution in [1.29, 1.82) is 0 Å². The second-order valence-corrected chi connectivity index (χ2v) is 5.69. The lowest BCUT2D eigenvalue weighted by molar-refractivity contribution is -0.384. The number of hydrogen-bond acceptors (Lipinski definition) is 6. The molecule has 2 aromatic carbocycles. The molecule has 4 rings (SSSR count). The summed E-state index contributed by atoms with van der Waals surface area (Å²) in [5.74, 6) is 1.27. The maximum Gasteiger partial charge on any atom is 0.269 e. The van der Waals surface area contributed by atoms with Crippen LogP contribution in [0.25, 0.3) is 17.1 Å². The van der Waals surface area contributed by atoms with Crippen LogP contribution in [-0.2, 0) is 6.61 Å². The van der Waals surface area contributed by atoms with Crippen LogP contribution in [0, 0.1) is 10.1 Å². The van der Waals surface area contributed by atoms with Crippen LogP contribution in [0.15, 0.2) is 77.6 Å². The maximum atomic E-state index is 10.6. The third kappa shape index (κ3) is 3.69. The second-order valence-electron chi connectivity index (χ2n) is 5.69. The van der Waals surface area contributed by atoms with Gasteiger partial charge in [-0.2, -0.15) is 4.98 Å². The first-order valence-corrected chi connectivity index (χ1v) is 8.13. The van der Waals surface area contributed by atoms with Gasteiger partial charge >= 0.3 is 0 Å². The smallest absolute Gasteiger partial charge is 0.269 e. The third-order valence-corrected chi connectivity index (χ3v) is 3.91. The zero-order chi connectivity index (χ0) is 18.6. The van der Waals surface area contributed by atoms with E-state index < -0.39 is 4.92 Å². The standard InChI is InChI=1S/C19H14N4O4/c24-23(25)16-7-9-17(10-8-16)26-13-18-20-19(21-27-18)14-3-5-15(6-4-14)22-11-1-2-12-22/h1-12H,13H2. The van der Waals surface area contributed by atoms with Gasteiger partial charge in [-0.25, -0.2) is 0 Å². The van der Waals surface area contributed by atoms with Crippen LogP contribution in [0.1, 0.15) is 5.89 Å². The monoisotopic (exact) mass is 362 g/mol. The summed E-state index contributed by atoms with van der Waals surface area (Å²) in [5.41, 5.74) is 1.87. The molecule has 0 spiro atoms. The van der Waals surface area contributed by atoms with Crippen molar-refractivity contribution >= 4 is 5.69 Å². The summed E-state index contributed by atoms with van der Waals surface area (Å²) in [7, 11) is 0. The van der Waals surface area contributed by atoms with E-state index in [4.69, 9.17) is 9.26 Å². The Morgan fingerprint density at radius 2 is 1.74 bits per heavy atom. The Hall–Kier alpha value is -3.94. The van der Waals surface area contributed by atoms with Crippen molar-refractivity contribution in [2.24, 2.45) is 0 Å². The third-order valence-electron chi connectivity index (χ3n) is 3.91. The SMILES string of the molecule is O=[N+]([O-])c1ccc(OCc2nc(-c3ccc(-n4cccc4)cc3)no2)cc1. The van der Waals surface area contributed by atoms with Crippen LogP contribution in [0.5, 0.6) is 5.75 Å². The van der Waals surface area contributed by atoms with Gasteiger partial charge in [0.15, 0.2) is 6.61 Å². The van der Waals surface area contributed by atoms with Gasteiger partial charge in [-0.3, -0.25) is 10.1 Å². The van der Waals surface area contributed by atoms with E-state index in [2.05, 4.69) is 10.1 Å². The molecule has 27 heavy (non-hydrogen) atoms. The summed E-state index contributed by atoms with van der Waals surface area (Å²) in [6.45, 7) is 0.0757. The van der Waals surface area contributed by atoms with Crippen LogP contribution in [-0.4, -0.2) is 19.6 Å². The molecule has 0 aliphatic heterocycles. The molecule has 0 bridgehead atoms. The highest BCUT2D eigenvalue weighted by Gasteiger charge is 2.10. The molecule has 2 heterocycles. The average molecular weight is 362 g/mol. The lowest BCUT2D eigenvalue weighted by Crippen LogP contribution is -1.96. The molecule has 0 fully saturated rings. The van der Waals surface area contributed by atoms with E-state index in [1.165, 1.54) is 24.3 Å². The van der Waals surface area contributed by atoms with Crippen LogP contribution in [0.2, 0.25) is 0 Å². The quantitative estimate of drug-likeness (QED) is 0.380. The topological polar surface area (TPSA) is 96.2 Å². The van der Waals surface area contributed by atoms with Crippen molar-refractivity contribution < 1.29 is 14.2 Å². The first kappa shape index (κ1) is 16.5. The Morgan fingerprint density at radius 3 is 2.41 bits per heavy atom. The minimum Gasteiger partial charge on any atom is -0.484 e. The summed E-state index contributed by atoms with van der Waals surface area (Å²) in [5, 5.41) is 14.6. The minimum atomic E-state index is -0.463. The van der Waals surface area contributed by atoms with E-state index in [1.54, 1.807) is 0 Å². The molecule has 0 N–H and O–H groups in total. The Labute approximate surface area is 153 Å². The first-order chi connectivity index (χ1) is 13.2. The zero-order valence-corrected chi connectivity index (χ0v) is 14.1. The molecule has 0 unspecified atom stereocenters. The molecule has 8 nitrogen and oxygen atoms in total. The van der Waals surface area contributed by atoms with Gasteiger partial charge in [-0.05, 0) is 48.5 Å². The van der Waals surface area contributed by atoms with E-state index in [-0.39, 0.29) is 12.3 Å². The van der Waals surface area contributed by atoms with Crippen molar-refractivity contribution in [2.45, 2.75) is 6.61 Å². The number of non-ortho nitro benzene ring substituents is 1. The number of nitro benzene ring substituents is 1. The van der Waals surface area contributed by atoms with E-state index in [0.717, 1.165) is 11.3 Å². The van der Waals surface area contributed by atoms with Crippen LogP contribution in [0.3, 0.4) is 0 Å². The summed E-state index contributed by atoms with van der Waals surface area (Å²) < 4.78 is 12.7. The van der Waals surface area contributed by atoms with Gasteiger partial charge in [0.1, 0.15) is 5.75 Å². The number of ether oxygens (including phenoxy) is 1. The van der Waals surface area contributed by atoms with Crippen molar-refractivity contribution in [3.63, 3.8) is 0 Å². The number of nitro groups is 1. The molecule has 2 aromatic heterocycles. The van der Waals surface area contributed by atoms with Crippen molar-refractivity contribution in [2.75, 3.05) is 0 Å². The van der Waals surface area contributed by atoms with Gasteiger partial charge in [0, 0.05) is 35.8 Å². The van der Waals surface area contributed by atoms with Crippen molar-refractivity contribution in [1.82, 2.24) is 14.7 Å². The highest BCUT2D eigenvalue weighted by Crippen LogP contribution is 2.20. The maximum absolute atomic E-state index is 10.6. The fourth-order valence-corrected chi connectivity index (χ4v) is 2.53. The molecule has 4 aromatic rings. The molecule has 134 valence electrons. The van der Waals surface area contributed by atoms with Gasteiger partial charge < -0.3 is 13.8 Å². The molecule has 0 amide bonds. The van der Waals surface area contributed by atoms with Crippen LogP contribution in [0.4, 0.5) is 5.69 Å². The summed E-state index contributed by atoms with van der Waals surface area (Å²) in [4.78, 5) is 14.5. The fourth-order valence-electron chi connectivity index (χ4n) is 2.53. The molecule has 0 saturated heterocycles. The van der Waals surface area contributed by atoms with E-state index in [9.17, 15) is 10.1 Å². The molecule has 0 atom stereocenters. The lowest BCUT2D eigenvalue weighted by Gasteiger charge is -2.03. The predicted octanol–water partition coefficient (Wildman–Crippen LogP) is 4.01. The Balaban J connectivity index is 1.41. The average Bonchev–Trinajstić information content (AvgIpc) is 3.39. The number of aromatic nitrogens is 3. The molecule has 0 saturated carbocycles. The number of nitrogens with zero attached hydrogens (tertiary/aromatic N) is 4. The summed E-state index contributed by atoms with van der Waals surface area (Å²) in [6, 6.07) is 17.5.